The zero-order chi connectivity index (χ0) is 14.8. The van der Waals surface area contributed by atoms with Crippen LogP contribution in [0.25, 0.3) is 10.6 Å². The van der Waals surface area contributed by atoms with Crippen LogP contribution in [0.3, 0.4) is 0 Å². The van der Waals surface area contributed by atoms with Gasteiger partial charge in [0.1, 0.15) is 5.01 Å². The number of pyridine rings is 1. The molecule has 0 spiro atoms. The number of carbonyl (C=O) groups is 1. The minimum absolute atomic E-state index is 0.0296. The molecule has 0 aliphatic carbocycles. The average molecular weight is 289 g/mol. The molecule has 106 valence electrons. The maximum absolute atomic E-state index is 12.0. The molecule has 0 aliphatic heterocycles. The van der Waals surface area contributed by atoms with Gasteiger partial charge in [-0.1, -0.05) is 0 Å². The van der Waals surface area contributed by atoms with Crippen LogP contribution in [-0.4, -0.2) is 21.4 Å². The first-order valence-electron chi connectivity index (χ1n) is 6.53. The van der Waals surface area contributed by atoms with Gasteiger partial charge in [-0.3, -0.25) is 9.78 Å². The molecular weight excluding hydrogens is 270 g/mol. The second kappa shape index (κ2) is 5.71. The number of aryl methyl sites for hydroxylation is 1. The first kappa shape index (κ1) is 14.7. The van der Waals surface area contributed by atoms with Gasteiger partial charge in [-0.05, 0) is 39.8 Å². The highest BCUT2D eigenvalue weighted by atomic mass is 32.1. The van der Waals surface area contributed by atoms with Crippen LogP contribution in [0.2, 0.25) is 0 Å². The Kier molecular flexibility index (Phi) is 4.18. The van der Waals surface area contributed by atoms with E-state index in [2.05, 4.69) is 15.3 Å². The summed E-state index contributed by atoms with van der Waals surface area (Å²) in [6.45, 7) is 7.87. The molecule has 0 aliphatic rings. The van der Waals surface area contributed by atoms with Crippen molar-refractivity contribution in [3.05, 3.63) is 35.1 Å². The highest BCUT2D eigenvalue weighted by Gasteiger charge is 2.17. The molecule has 0 saturated carbocycles. The summed E-state index contributed by atoms with van der Waals surface area (Å²) >= 11 is 1.55. The van der Waals surface area contributed by atoms with Crippen molar-refractivity contribution < 1.29 is 4.79 Å². The second-order valence-electron chi connectivity index (χ2n) is 5.74. The van der Waals surface area contributed by atoms with E-state index in [0.29, 0.717) is 6.42 Å². The van der Waals surface area contributed by atoms with Crippen molar-refractivity contribution in [2.24, 2.45) is 0 Å². The van der Waals surface area contributed by atoms with E-state index in [1.54, 1.807) is 23.7 Å². The van der Waals surface area contributed by atoms with Crippen LogP contribution < -0.4 is 5.32 Å². The molecule has 1 amide bonds. The molecular formula is C15H19N3OS. The van der Waals surface area contributed by atoms with Gasteiger partial charge in [-0.2, -0.15) is 0 Å². The van der Waals surface area contributed by atoms with Crippen molar-refractivity contribution in [3.8, 4) is 10.6 Å². The third-order valence-corrected chi connectivity index (χ3v) is 3.84. The van der Waals surface area contributed by atoms with Gasteiger partial charge < -0.3 is 5.32 Å². The van der Waals surface area contributed by atoms with E-state index in [4.69, 9.17) is 0 Å². The number of nitrogens with zero attached hydrogens (tertiary/aromatic N) is 2. The van der Waals surface area contributed by atoms with Crippen molar-refractivity contribution in [3.63, 3.8) is 0 Å². The average Bonchev–Trinajstić information content (AvgIpc) is 2.70. The first-order valence-corrected chi connectivity index (χ1v) is 7.34. The molecule has 4 nitrogen and oxygen atoms in total. The Labute approximate surface area is 123 Å². The van der Waals surface area contributed by atoms with E-state index in [1.165, 1.54) is 0 Å². The fourth-order valence-electron chi connectivity index (χ4n) is 1.81. The summed E-state index contributed by atoms with van der Waals surface area (Å²) in [7, 11) is 0. The van der Waals surface area contributed by atoms with Crippen LogP contribution in [0.15, 0.2) is 24.5 Å². The molecule has 2 aromatic heterocycles. The molecule has 2 rings (SSSR count). The van der Waals surface area contributed by atoms with Gasteiger partial charge in [0, 0.05) is 28.4 Å². The fourth-order valence-corrected chi connectivity index (χ4v) is 2.86. The van der Waals surface area contributed by atoms with Gasteiger partial charge in [0.25, 0.3) is 0 Å². The summed E-state index contributed by atoms with van der Waals surface area (Å²) in [6.07, 6.45) is 3.90. The van der Waals surface area contributed by atoms with E-state index in [9.17, 15) is 4.79 Å². The lowest BCUT2D eigenvalue weighted by molar-refractivity contribution is -0.121. The first-order chi connectivity index (χ1) is 9.35. The molecule has 0 bridgehead atoms. The summed E-state index contributed by atoms with van der Waals surface area (Å²) in [4.78, 5) is 21.6. The number of hydrogen-bond donors (Lipinski definition) is 1. The number of rotatable bonds is 3. The zero-order valence-electron chi connectivity index (χ0n) is 12.2. The third-order valence-electron chi connectivity index (χ3n) is 2.64. The molecule has 2 aromatic rings. The fraction of sp³-hybridized carbons (Fsp3) is 0.400. The van der Waals surface area contributed by atoms with Gasteiger partial charge in [0.05, 0.1) is 12.1 Å². The van der Waals surface area contributed by atoms with Crippen molar-refractivity contribution >= 4 is 17.2 Å². The summed E-state index contributed by atoms with van der Waals surface area (Å²) < 4.78 is 0. The van der Waals surface area contributed by atoms with Crippen LogP contribution in [0, 0.1) is 6.92 Å². The van der Waals surface area contributed by atoms with Crippen molar-refractivity contribution in [2.75, 3.05) is 0 Å². The Hall–Kier alpha value is -1.75. The van der Waals surface area contributed by atoms with Gasteiger partial charge >= 0.3 is 0 Å². The number of aromatic nitrogens is 2. The Balaban J connectivity index is 2.15. The third kappa shape index (κ3) is 3.87. The number of carbonyl (C=O) groups excluding carboxylic acids is 1. The maximum Gasteiger partial charge on any atom is 0.225 e. The van der Waals surface area contributed by atoms with E-state index in [0.717, 1.165) is 21.1 Å². The van der Waals surface area contributed by atoms with Gasteiger partial charge in [-0.15, -0.1) is 11.3 Å². The quantitative estimate of drug-likeness (QED) is 0.945. The van der Waals surface area contributed by atoms with Crippen LogP contribution in [0.5, 0.6) is 0 Å². The zero-order valence-corrected chi connectivity index (χ0v) is 13.0. The molecule has 20 heavy (non-hydrogen) atoms. The van der Waals surface area contributed by atoms with Crippen molar-refractivity contribution in [2.45, 2.75) is 39.7 Å². The molecule has 5 heteroatoms. The van der Waals surface area contributed by atoms with Crippen molar-refractivity contribution in [1.29, 1.82) is 0 Å². The maximum atomic E-state index is 12.0. The lowest BCUT2D eigenvalue weighted by Gasteiger charge is -2.20. The molecule has 0 saturated heterocycles. The molecule has 0 atom stereocenters. The number of thiazole rings is 1. The predicted octanol–water partition coefficient (Wildman–Crippen LogP) is 2.97. The minimum Gasteiger partial charge on any atom is -0.351 e. The molecule has 0 aromatic carbocycles. The predicted molar refractivity (Wildman–Crippen MR) is 81.7 cm³/mol. The highest BCUT2D eigenvalue weighted by Crippen LogP contribution is 2.27. The van der Waals surface area contributed by atoms with E-state index < -0.39 is 0 Å². The molecule has 0 fully saturated rings. The largest absolute Gasteiger partial charge is 0.351 e. The van der Waals surface area contributed by atoms with Crippen LogP contribution in [0.4, 0.5) is 0 Å². The van der Waals surface area contributed by atoms with Gasteiger partial charge in [-0.25, -0.2) is 4.98 Å². The molecule has 0 unspecified atom stereocenters. The Bertz CT molecular complexity index is 599. The standard InChI is InChI=1S/C15H19N3OS/c1-10-12(8-13(19)18-15(2,3)4)20-14(17-10)11-6-5-7-16-9-11/h5-7,9H,8H2,1-4H3,(H,18,19). The van der Waals surface area contributed by atoms with E-state index in [-0.39, 0.29) is 11.4 Å². The molecule has 1 N–H and O–H groups in total. The molecule has 2 heterocycles. The monoisotopic (exact) mass is 289 g/mol. The van der Waals surface area contributed by atoms with Crippen molar-refractivity contribution in [1.82, 2.24) is 15.3 Å². The lowest BCUT2D eigenvalue weighted by Crippen LogP contribution is -2.41. The summed E-state index contributed by atoms with van der Waals surface area (Å²) in [5, 5.41) is 3.88. The van der Waals surface area contributed by atoms with Gasteiger partial charge in [0.15, 0.2) is 0 Å². The lowest BCUT2D eigenvalue weighted by atomic mass is 10.1. The second-order valence-corrected chi connectivity index (χ2v) is 6.83. The minimum atomic E-state index is -0.206. The van der Waals surface area contributed by atoms with Crippen LogP contribution in [-0.2, 0) is 11.2 Å². The Morgan fingerprint density at radius 2 is 2.15 bits per heavy atom. The Morgan fingerprint density at radius 1 is 1.40 bits per heavy atom. The number of nitrogens with one attached hydrogen (secondary N) is 1. The molecule has 0 radical (unpaired) electrons. The van der Waals surface area contributed by atoms with Crippen LogP contribution in [0.1, 0.15) is 31.3 Å². The summed E-state index contributed by atoms with van der Waals surface area (Å²) in [5.41, 5.74) is 1.70. The summed E-state index contributed by atoms with van der Waals surface area (Å²) in [6, 6.07) is 3.86. The SMILES string of the molecule is Cc1nc(-c2cccnc2)sc1CC(=O)NC(C)(C)C. The number of hydrogen-bond acceptors (Lipinski definition) is 4. The van der Waals surface area contributed by atoms with Gasteiger partial charge in [0.2, 0.25) is 5.91 Å². The smallest absolute Gasteiger partial charge is 0.225 e. The number of amides is 1. The normalized spacial score (nSPS) is 11.4. The van der Waals surface area contributed by atoms with E-state index >= 15 is 0 Å². The topological polar surface area (TPSA) is 54.9 Å². The van der Waals surface area contributed by atoms with Crippen LogP contribution >= 0.6 is 11.3 Å². The Morgan fingerprint density at radius 3 is 2.75 bits per heavy atom. The van der Waals surface area contributed by atoms with E-state index in [1.807, 2.05) is 39.8 Å². The highest BCUT2D eigenvalue weighted by molar-refractivity contribution is 7.15. The summed E-state index contributed by atoms with van der Waals surface area (Å²) in [5.74, 6) is 0.0296.